The van der Waals surface area contributed by atoms with Crippen molar-refractivity contribution in [1.29, 1.82) is 0 Å². The summed E-state index contributed by atoms with van der Waals surface area (Å²) in [4.78, 5) is 24.2. The van der Waals surface area contributed by atoms with Crippen LogP contribution in [0.4, 0.5) is 5.69 Å². The molecular weight excluding hydrogens is 531 g/mol. The van der Waals surface area contributed by atoms with Gasteiger partial charge in [0.25, 0.3) is 11.8 Å². The number of sulfonamides is 1. The monoisotopic (exact) mass is 556 g/mol. The first-order valence-corrected chi connectivity index (χ1v) is 13.6. The molecule has 0 spiro atoms. The van der Waals surface area contributed by atoms with Gasteiger partial charge in [-0.1, -0.05) is 29.3 Å². The molecule has 13 heteroatoms. The summed E-state index contributed by atoms with van der Waals surface area (Å²) in [5, 5.41) is 6.81. The number of hydrogen-bond donors (Lipinski definition) is 2. The van der Waals surface area contributed by atoms with Crippen molar-refractivity contribution < 1.29 is 27.5 Å². The maximum absolute atomic E-state index is 12.3. The van der Waals surface area contributed by atoms with Crippen molar-refractivity contribution in [3.63, 3.8) is 0 Å². The third-order valence-corrected chi connectivity index (χ3v) is 7.03. The lowest BCUT2D eigenvalue weighted by atomic mass is 10.2. The summed E-state index contributed by atoms with van der Waals surface area (Å²) in [6.45, 7) is 0.534. The number of anilines is 1. The minimum atomic E-state index is -3.83. The van der Waals surface area contributed by atoms with Crippen molar-refractivity contribution in [3.8, 4) is 5.75 Å². The number of hydrazone groups is 1. The van der Waals surface area contributed by atoms with E-state index in [9.17, 15) is 18.0 Å². The Morgan fingerprint density at radius 3 is 2.61 bits per heavy atom. The highest BCUT2D eigenvalue weighted by Gasteiger charge is 2.23. The molecule has 0 aromatic heterocycles. The van der Waals surface area contributed by atoms with Gasteiger partial charge < -0.3 is 14.8 Å². The molecule has 194 valence electrons. The van der Waals surface area contributed by atoms with Crippen LogP contribution in [0.15, 0.2) is 47.6 Å². The number of carbonyl (C=O) groups excluding carboxylic acids is 2. The predicted molar refractivity (Wildman–Crippen MR) is 138 cm³/mol. The topological polar surface area (TPSA) is 126 Å². The fraction of sp³-hybridized carbons (Fsp3) is 0.348. The van der Waals surface area contributed by atoms with E-state index < -0.39 is 22.5 Å². The van der Waals surface area contributed by atoms with Gasteiger partial charge in [-0.2, -0.15) is 5.10 Å². The molecule has 3 rings (SSSR count). The van der Waals surface area contributed by atoms with Crippen molar-refractivity contribution in [2.75, 3.05) is 36.9 Å². The smallest absolute Gasteiger partial charge is 0.260 e. The molecule has 2 N–H and O–H groups in total. The van der Waals surface area contributed by atoms with Crippen molar-refractivity contribution in [3.05, 3.63) is 58.1 Å². The van der Waals surface area contributed by atoms with E-state index in [1.165, 1.54) is 24.4 Å². The minimum absolute atomic E-state index is 0.0171. The second-order valence-electron chi connectivity index (χ2n) is 7.93. The number of carbonyl (C=O) groups is 2. The van der Waals surface area contributed by atoms with Crippen LogP contribution in [-0.4, -0.2) is 65.1 Å². The van der Waals surface area contributed by atoms with E-state index in [1.807, 2.05) is 0 Å². The standard InChI is InChI=1S/C23H26Cl2N4O6S/c1-36(32,33)29(20-6-2-5-19(24)23(20)25)14-21(30)28-27-12-16-7-9-17(10-8-16)35-15-22(31)26-13-18-4-3-11-34-18/h2,5-10,12,18H,3-4,11,13-15H2,1H3,(H,26,31)(H,28,30)/b27-12-/t18-/m1/s1. The summed E-state index contributed by atoms with van der Waals surface area (Å²) in [7, 11) is -3.83. The fourth-order valence-corrected chi connectivity index (χ4v) is 4.60. The number of rotatable bonds is 11. The Morgan fingerprint density at radius 2 is 1.94 bits per heavy atom. The van der Waals surface area contributed by atoms with Gasteiger partial charge in [-0.05, 0) is 54.8 Å². The van der Waals surface area contributed by atoms with Gasteiger partial charge in [-0.3, -0.25) is 13.9 Å². The lowest BCUT2D eigenvalue weighted by Gasteiger charge is -2.22. The van der Waals surface area contributed by atoms with Crippen molar-refractivity contribution in [1.82, 2.24) is 10.7 Å². The van der Waals surface area contributed by atoms with Gasteiger partial charge in [-0.15, -0.1) is 0 Å². The Morgan fingerprint density at radius 1 is 1.19 bits per heavy atom. The van der Waals surface area contributed by atoms with Crippen molar-refractivity contribution >= 4 is 56.9 Å². The van der Waals surface area contributed by atoms with E-state index in [-0.39, 0.29) is 34.4 Å². The maximum atomic E-state index is 12.3. The second kappa shape index (κ2) is 12.9. The lowest BCUT2D eigenvalue weighted by molar-refractivity contribution is -0.123. The predicted octanol–water partition coefficient (Wildman–Crippen LogP) is 2.58. The molecule has 0 bridgehead atoms. The number of amides is 2. The molecule has 0 aliphatic carbocycles. The zero-order valence-electron chi connectivity index (χ0n) is 19.4. The molecule has 1 heterocycles. The van der Waals surface area contributed by atoms with Gasteiger partial charge in [-0.25, -0.2) is 13.8 Å². The SMILES string of the molecule is CS(=O)(=O)N(CC(=O)N/N=C\c1ccc(OCC(=O)NC[C@H]2CCCO2)cc1)c1cccc(Cl)c1Cl. The largest absolute Gasteiger partial charge is 0.484 e. The van der Waals surface area contributed by atoms with E-state index in [4.69, 9.17) is 32.7 Å². The molecule has 2 aromatic carbocycles. The zero-order valence-corrected chi connectivity index (χ0v) is 21.8. The van der Waals surface area contributed by atoms with Crippen LogP contribution in [0.25, 0.3) is 0 Å². The van der Waals surface area contributed by atoms with E-state index in [1.54, 1.807) is 24.3 Å². The van der Waals surface area contributed by atoms with E-state index in [0.29, 0.717) is 17.9 Å². The molecule has 2 aromatic rings. The number of hydrogen-bond acceptors (Lipinski definition) is 7. The molecule has 1 aliphatic heterocycles. The molecular formula is C23H26Cl2N4O6S. The van der Waals surface area contributed by atoms with Gasteiger partial charge >= 0.3 is 0 Å². The van der Waals surface area contributed by atoms with Crippen LogP contribution in [0.1, 0.15) is 18.4 Å². The summed E-state index contributed by atoms with van der Waals surface area (Å²) in [5.41, 5.74) is 3.01. The molecule has 2 amide bonds. The van der Waals surface area contributed by atoms with Crippen LogP contribution in [0.2, 0.25) is 10.0 Å². The van der Waals surface area contributed by atoms with Gasteiger partial charge in [0.05, 0.1) is 34.3 Å². The number of nitrogens with one attached hydrogen (secondary N) is 2. The zero-order chi connectivity index (χ0) is 26.1. The molecule has 1 saturated heterocycles. The lowest BCUT2D eigenvalue weighted by Crippen LogP contribution is -2.39. The summed E-state index contributed by atoms with van der Waals surface area (Å²) < 4.78 is 36.2. The normalized spacial score (nSPS) is 15.6. The van der Waals surface area contributed by atoms with Gasteiger partial charge in [0.1, 0.15) is 12.3 Å². The highest BCUT2D eigenvalue weighted by molar-refractivity contribution is 7.92. The molecule has 0 radical (unpaired) electrons. The second-order valence-corrected chi connectivity index (χ2v) is 10.6. The van der Waals surface area contributed by atoms with Crippen molar-refractivity contribution in [2.45, 2.75) is 18.9 Å². The fourth-order valence-electron chi connectivity index (χ4n) is 3.29. The third-order valence-electron chi connectivity index (χ3n) is 5.09. The quantitative estimate of drug-likeness (QED) is 0.323. The number of benzene rings is 2. The number of ether oxygens (including phenoxy) is 2. The Hall–Kier alpha value is -2.86. The molecule has 1 atom stereocenters. The molecule has 1 aliphatic rings. The summed E-state index contributed by atoms with van der Waals surface area (Å²) in [6, 6.07) is 11.2. The average molecular weight is 557 g/mol. The molecule has 0 saturated carbocycles. The summed E-state index contributed by atoms with van der Waals surface area (Å²) >= 11 is 12.1. The Bertz CT molecular complexity index is 1200. The van der Waals surface area contributed by atoms with Gasteiger partial charge in [0, 0.05) is 13.2 Å². The number of halogens is 2. The van der Waals surface area contributed by atoms with E-state index in [2.05, 4.69) is 15.8 Å². The van der Waals surface area contributed by atoms with Crippen LogP contribution in [0.3, 0.4) is 0 Å². The summed E-state index contributed by atoms with van der Waals surface area (Å²) in [6.07, 6.45) is 4.35. The first-order chi connectivity index (χ1) is 17.1. The Kier molecular flexibility index (Phi) is 9.94. The van der Waals surface area contributed by atoms with Crippen LogP contribution in [-0.2, 0) is 24.3 Å². The van der Waals surface area contributed by atoms with Crippen LogP contribution >= 0.6 is 23.2 Å². The van der Waals surface area contributed by atoms with Crippen LogP contribution in [0, 0.1) is 0 Å². The van der Waals surface area contributed by atoms with E-state index in [0.717, 1.165) is 30.0 Å². The van der Waals surface area contributed by atoms with E-state index >= 15 is 0 Å². The molecule has 1 fully saturated rings. The minimum Gasteiger partial charge on any atom is -0.484 e. The molecule has 36 heavy (non-hydrogen) atoms. The van der Waals surface area contributed by atoms with Crippen LogP contribution < -0.4 is 19.8 Å². The number of nitrogens with zero attached hydrogens (tertiary/aromatic N) is 2. The Balaban J connectivity index is 1.48. The highest BCUT2D eigenvalue weighted by atomic mass is 35.5. The first-order valence-electron chi connectivity index (χ1n) is 11.0. The average Bonchev–Trinajstić information content (AvgIpc) is 3.36. The van der Waals surface area contributed by atoms with Crippen molar-refractivity contribution in [2.24, 2.45) is 5.10 Å². The summed E-state index contributed by atoms with van der Waals surface area (Å²) in [5.74, 6) is -0.423. The molecule has 10 nitrogen and oxygen atoms in total. The Labute approximate surface area is 219 Å². The van der Waals surface area contributed by atoms with Gasteiger partial charge in [0.2, 0.25) is 10.0 Å². The maximum Gasteiger partial charge on any atom is 0.260 e. The first kappa shape index (κ1) is 27.7. The van der Waals surface area contributed by atoms with Gasteiger partial charge in [0.15, 0.2) is 6.61 Å². The highest BCUT2D eigenvalue weighted by Crippen LogP contribution is 2.33. The third kappa shape index (κ3) is 8.37. The molecule has 0 unspecified atom stereocenters. The van der Waals surface area contributed by atoms with Crippen LogP contribution in [0.5, 0.6) is 5.75 Å².